The monoisotopic (exact) mass is 528 g/mol. The van der Waals surface area contributed by atoms with E-state index in [4.69, 9.17) is 14.2 Å². The molecule has 0 atom stereocenters. The van der Waals surface area contributed by atoms with Crippen molar-refractivity contribution < 1.29 is 37.3 Å². The van der Waals surface area contributed by atoms with E-state index >= 15 is 0 Å². The number of aromatic nitrogens is 2. The zero-order valence-electron chi connectivity index (χ0n) is 19.8. The molecule has 37 heavy (non-hydrogen) atoms. The number of hydrogen-bond acceptors (Lipinski definition) is 8. The van der Waals surface area contributed by atoms with Crippen LogP contribution in [0.4, 0.5) is 5.69 Å². The molecule has 2 heterocycles. The van der Waals surface area contributed by atoms with Gasteiger partial charge in [0.05, 0.1) is 0 Å². The highest BCUT2D eigenvalue weighted by Crippen LogP contribution is 2.34. The van der Waals surface area contributed by atoms with Gasteiger partial charge in [0.2, 0.25) is 28.6 Å². The number of aromatic carboxylic acids is 1. The minimum absolute atomic E-state index is 0.0240. The predicted molar refractivity (Wildman–Crippen MR) is 129 cm³/mol. The van der Waals surface area contributed by atoms with Crippen molar-refractivity contribution in [2.24, 2.45) is 13.0 Å². The number of nitrogens with zero attached hydrogens (tertiary/aromatic N) is 2. The van der Waals surface area contributed by atoms with Gasteiger partial charge in [-0.05, 0) is 48.7 Å². The maximum Gasteiger partial charge on any atom is 0.356 e. The van der Waals surface area contributed by atoms with E-state index in [9.17, 15) is 23.1 Å². The van der Waals surface area contributed by atoms with E-state index in [2.05, 4.69) is 15.1 Å². The van der Waals surface area contributed by atoms with E-state index in [1.807, 2.05) is 0 Å². The molecule has 0 radical (unpaired) electrons. The van der Waals surface area contributed by atoms with Gasteiger partial charge in [-0.3, -0.25) is 4.79 Å². The topological polar surface area (TPSA) is 158 Å². The lowest BCUT2D eigenvalue weighted by Crippen LogP contribution is -2.28. The highest BCUT2D eigenvalue weighted by Gasteiger charge is 2.27. The van der Waals surface area contributed by atoms with Crippen molar-refractivity contribution in [1.82, 2.24) is 14.5 Å². The lowest BCUT2D eigenvalue weighted by molar-refractivity contribution is -0.122. The van der Waals surface area contributed by atoms with Crippen LogP contribution in [-0.2, 0) is 28.4 Å². The molecule has 13 heteroatoms. The fraction of sp³-hybridized carbons (Fsp3) is 0.292. The molecule has 0 saturated heterocycles. The third-order valence-corrected chi connectivity index (χ3v) is 7.57. The molecule has 1 aliphatic heterocycles. The number of aryl methyl sites for hydroxylation is 1. The molecule has 0 unspecified atom stereocenters. The maximum atomic E-state index is 13.4. The van der Waals surface area contributed by atoms with Crippen molar-refractivity contribution in [1.29, 1.82) is 0 Å². The van der Waals surface area contributed by atoms with Crippen molar-refractivity contribution in [3.05, 3.63) is 53.7 Å². The number of nitrogens with one attached hydrogen (secondary N) is 2. The summed E-state index contributed by atoms with van der Waals surface area (Å²) in [5.41, 5.74) is 0.679. The van der Waals surface area contributed by atoms with Gasteiger partial charge in [0.15, 0.2) is 17.2 Å². The van der Waals surface area contributed by atoms with E-state index in [0.717, 1.165) is 19.3 Å². The molecule has 1 aromatic heterocycles. The summed E-state index contributed by atoms with van der Waals surface area (Å²) in [7, 11) is -2.69. The van der Waals surface area contributed by atoms with E-state index in [1.165, 1.54) is 36.0 Å². The van der Waals surface area contributed by atoms with Gasteiger partial charge in [-0.15, -0.1) is 0 Å². The summed E-state index contributed by atoms with van der Waals surface area (Å²) in [4.78, 5) is 23.5. The number of anilines is 1. The average Bonchev–Trinajstić information content (AvgIpc) is 3.43. The molecule has 1 saturated carbocycles. The van der Waals surface area contributed by atoms with Crippen LogP contribution >= 0.6 is 0 Å². The van der Waals surface area contributed by atoms with Crippen LogP contribution in [-0.4, -0.2) is 42.0 Å². The second-order valence-electron chi connectivity index (χ2n) is 8.69. The Balaban J connectivity index is 1.43. The number of benzene rings is 2. The first-order chi connectivity index (χ1) is 17.7. The second-order valence-corrected chi connectivity index (χ2v) is 10.4. The van der Waals surface area contributed by atoms with E-state index in [-0.39, 0.29) is 47.4 Å². The minimum Gasteiger partial charge on any atom is -0.476 e. The van der Waals surface area contributed by atoms with Gasteiger partial charge in [-0.25, -0.2) is 22.6 Å². The number of carboxylic acid groups (broad SMARTS) is 1. The van der Waals surface area contributed by atoms with Crippen molar-refractivity contribution in [2.75, 3.05) is 12.1 Å². The van der Waals surface area contributed by atoms with Gasteiger partial charge in [-0.2, -0.15) is 5.10 Å². The van der Waals surface area contributed by atoms with Gasteiger partial charge in [0.25, 0.3) is 0 Å². The molecule has 2 aliphatic rings. The molecule has 3 N–H and O–H groups in total. The Morgan fingerprint density at radius 1 is 1.14 bits per heavy atom. The van der Waals surface area contributed by atoms with Crippen LogP contribution in [0.2, 0.25) is 0 Å². The van der Waals surface area contributed by atoms with E-state index in [0.29, 0.717) is 22.7 Å². The molecule has 0 bridgehead atoms. The van der Waals surface area contributed by atoms with E-state index in [1.54, 1.807) is 18.2 Å². The summed E-state index contributed by atoms with van der Waals surface area (Å²) in [6.07, 6.45) is 2.57. The Hall–Kier alpha value is -4.10. The van der Waals surface area contributed by atoms with Crippen molar-refractivity contribution in [3.63, 3.8) is 0 Å². The first kappa shape index (κ1) is 24.6. The van der Waals surface area contributed by atoms with Crippen LogP contribution in [0.5, 0.6) is 23.1 Å². The SMILES string of the molecule is Cn1nc(C(=O)O)cc1Oc1ccc(NC(=O)C2CCC2)cc1S(=O)(=O)NCc1ccc2c(c1)OCO2. The van der Waals surface area contributed by atoms with Gasteiger partial charge in [0.1, 0.15) is 10.6 Å². The number of ether oxygens (including phenoxy) is 3. The standard InChI is InChI=1S/C24H24N4O8S/c1-28-22(11-17(27-28)24(30)31)36-19-8-6-16(26-23(29)15-3-2-4-15)10-21(19)37(32,33)25-12-14-5-7-18-20(9-14)35-13-34-18/h5-11,15,25H,2-4,12-13H2,1H3,(H,26,29)(H,30,31). The van der Waals surface area contributed by atoms with Crippen LogP contribution in [0.25, 0.3) is 0 Å². The fourth-order valence-corrected chi connectivity index (χ4v) is 5.03. The Bertz CT molecular complexity index is 1480. The largest absolute Gasteiger partial charge is 0.476 e. The molecular weight excluding hydrogens is 504 g/mol. The first-order valence-corrected chi connectivity index (χ1v) is 13.0. The highest BCUT2D eigenvalue weighted by molar-refractivity contribution is 7.89. The molecule has 1 fully saturated rings. The summed E-state index contributed by atoms with van der Waals surface area (Å²) in [5, 5.41) is 15.8. The van der Waals surface area contributed by atoms with Gasteiger partial charge < -0.3 is 24.6 Å². The number of fused-ring (bicyclic) bond motifs is 1. The smallest absolute Gasteiger partial charge is 0.356 e. The first-order valence-electron chi connectivity index (χ1n) is 11.5. The lowest BCUT2D eigenvalue weighted by Gasteiger charge is -2.24. The molecular formula is C24H24N4O8S. The van der Waals surface area contributed by atoms with Crippen LogP contribution in [0.3, 0.4) is 0 Å². The Morgan fingerprint density at radius 3 is 2.62 bits per heavy atom. The average molecular weight is 529 g/mol. The summed E-state index contributed by atoms with van der Waals surface area (Å²) in [6, 6.07) is 10.5. The third-order valence-electron chi connectivity index (χ3n) is 6.15. The molecule has 1 aliphatic carbocycles. The van der Waals surface area contributed by atoms with Crippen LogP contribution < -0.4 is 24.2 Å². The summed E-state index contributed by atoms with van der Waals surface area (Å²) in [6.45, 7) is 0.0497. The number of carboxylic acids is 1. The van der Waals surface area contributed by atoms with Crippen molar-refractivity contribution in [3.8, 4) is 23.1 Å². The minimum atomic E-state index is -4.16. The summed E-state index contributed by atoms with van der Waals surface area (Å²) in [5.74, 6) is -0.465. The predicted octanol–water partition coefficient (Wildman–Crippen LogP) is 2.86. The molecule has 0 spiro atoms. The Kier molecular flexibility index (Phi) is 6.48. The van der Waals surface area contributed by atoms with E-state index < -0.39 is 16.0 Å². The fourth-order valence-electron chi connectivity index (χ4n) is 3.86. The Labute approximate surface area is 212 Å². The van der Waals surface area contributed by atoms with Crippen molar-refractivity contribution >= 4 is 27.6 Å². The molecule has 5 rings (SSSR count). The van der Waals surface area contributed by atoms with Gasteiger partial charge >= 0.3 is 5.97 Å². The number of hydrogen-bond donors (Lipinski definition) is 3. The summed E-state index contributed by atoms with van der Waals surface area (Å²) < 4.78 is 47.0. The number of rotatable bonds is 9. The van der Waals surface area contributed by atoms with Crippen molar-refractivity contribution in [2.45, 2.75) is 30.7 Å². The molecule has 2 aromatic carbocycles. The Morgan fingerprint density at radius 2 is 1.92 bits per heavy atom. The number of carbonyl (C=O) groups excluding carboxylic acids is 1. The molecule has 12 nitrogen and oxygen atoms in total. The third kappa shape index (κ3) is 5.22. The second kappa shape index (κ2) is 9.75. The van der Waals surface area contributed by atoms with Crippen LogP contribution in [0.15, 0.2) is 47.4 Å². The molecule has 3 aromatic rings. The number of carbonyl (C=O) groups is 2. The summed E-state index contributed by atoms with van der Waals surface area (Å²) >= 11 is 0. The number of amides is 1. The molecule has 1 amide bonds. The highest BCUT2D eigenvalue weighted by atomic mass is 32.2. The maximum absolute atomic E-state index is 13.4. The zero-order valence-corrected chi connectivity index (χ0v) is 20.6. The normalized spacial score (nSPS) is 14.7. The van der Waals surface area contributed by atoms with Gasteiger partial charge in [0, 0.05) is 31.3 Å². The van der Waals surface area contributed by atoms with Crippen LogP contribution in [0.1, 0.15) is 35.3 Å². The number of sulfonamides is 1. The molecule has 194 valence electrons. The van der Waals surface area contributed by atoms with Crippen LogP contribution in [0, 0.1) is 5.92 Å². The lowest BCUT2D eigenvalue weighted by atomic mass is 9.85. The van der Waals surface area contributed by atoms with Gasteiger partial charge in [-0.1, -0.05) is 12.5 Å². The quantitative estimate of drug-likeness (QED) is 0.380. The zero-order chi connectivity index (χ0) is 26.2.